The maximum atomic E-state index is 13.6. The van der Waals surface area contributed by atoms with Gasteiger partial charge in [0, 0.05) is 40.4 Å². The van der Waals surface area contributed by atoms with Gasteiger partial charge in [-0.25, -0.2) is 9.48 Å². The number of benzene rings is 2. The Labute approximate surface area is 258 Å². The van der Waals surface area contributed by atoms with Crippen LogP contribution in [0, 0.1) is 5.41 Å². The molecule has 1 unspecified atom stereocenters. The van der Waals surface area contributed by atoms with Gasteiger partial charge in [0.25, 0.3) is 0 Å². The number of carbonyl (C=O) groups excluding carboxylic acids is 2. The quantitative estimate of drug-likeness (QED) is 0.212. The number of thioether (sulfide) groups is 1. The number of hydrogen-bond donors (Lipinski definition) is 1. The van der Waals surface area contributed by atoms with Gasteiger partial charge in [-0.15, -0.1) is 28.2 Å². The second-order valence-electron chi connectivity index (χ2n) is 12.7. The molecule has 1 saturated carbocycles. The lowest BCUT2D eigenvalue weighted by Crippen LogP contribution is -2.64. The third-order valence-corrected chi connectivity index (χ3v) is 12.3. The van der Waals surface area contributed by atoms with Gasteiger partial charge in [0.1, 0.15) is 17.9 Å². The zero-order valence-corrected chi connectivity index (χ0v) is 25.5. The second kappa shape index (κ2) is 10.5. The zero-order chi connectivity index (χ0) is 29.2. The molecule has 2 atom stereocenters. The number of aromatic nitrogens is 3. The number of thiophene rings is 1. The minimum Gasteiger partial charge on any atom is -0.460 e. The Morgan fingerprint density at radius 3 is 2.77 bits per heavy atom. The van der Waals surface area contributed by atoms with E-state index in [1.54, 1.807) is 11.8 Å². The topological polar surface area (TPSA) is 97.5 Å². The zero-order valence-electron chi connectivity index (χ0n) is 23.9. The first-order chi connectivity index (χ1) is 21.0. The van der Waals surface area contributed by atoms with E-state index in [-0.39, 0.29) is 16.8 Å². The van der Waals surface area contributed by atoms with Gasteiger partial charge in [-0.05, 0) is 91.8 Å². The molecule has 2 aliphatic heterocycles. The van der Waals surface area contributed by atoms with E-state index >= 15 is 0 Å². The monoisotopic (exact) mass is 614 g/mol. The van der Waals surface area contributed by atoms with Crippen LogP contribution in [-0.4, -0.2) is 68.2 Å². The Kier molecular flexibility index (Phi) is 6.74. The molecule has 0 radical (unpaired) electrons. The van der Waals surface area contributed by atoms with Gasteiger partial charge in [-0.2, -0.15) is 0 Å². The van der Waals surface area contributed by atoms with Crippen molar-refractivity contribution >= 4 is 46.4 Å². The third-order valence-electron chi connectivity index (χ3n) is 9.91. The molecule has 2 fully saturated rings. The van der Waals surface area contributed by atoms with Gasteiger partial charge >= 0.3 is 5.97 Å². The molecule has 1 spiro atoms. The lowest BCUT2D eigenvalue weighted by Gasteiger charge is -2.58. The highest BCUT2D eigenvalue weighted by atomic mass is 32.2. The summed E-state index contributed by atoms with van der Waals surface area (Å²) in [5, 5.41) is 22.3. The fourth-order valence-corrected chi connectivity index (χ4v) is 10.2. The van der Waals surface area contributed by atoms with Crippen molar-refractivity contribution in [3.05, 3.63) is 75.0 Å². The van der Waals surface area contributed by atoms with Crippen molar-refractivity contribution in [1.29, 1.82) is 0 Å². The van der Waals surface area contributed by atoms with E-state index in [1.165, 1.54) is 28.0 Å². The molecule has 4 aliphatic rings. The molecule has 4 heterocycles. The molecule has 1 saturated heterocycles. The van der Waals surface area contributed by atoms with Crippen LogP contribution in [0.15, 0.2) is 52.7 Å². The highest BCUT2D eigenvalue weighted by molar-refractivity contribution is 8.00. The van der Waals surface area contributed by atoms with Crippen molar-refractivity contribution in [2.45, 2.75) is 73.3 Å². The molecule has 2 aromatic heterocycles. The van der Waals surface area contributed by atoms with Crippen molar-refractivity contribution in [1.82, 2.24) is 19.9 Å². The highest BCUT2D eigenvalue weighted by Gasteiger charge is 2.56. The number of esters is 1. The number of aliphatic hydroxyl groups is 1. The van der Waals surface area contributed by atoms with E-state index in [9.17, 15) is 14.7 Å². The van der Waals surface area contributed by atoms with Crippen LogP contribution >= 0.6 is 23.1 Å². The number of nitrogens with zero attached hydrogens (tertiary/aromatic N) is 4. The molecule has 10 heteroatoms. The summed E-state index contributed by atoms with van der Waals surface area (Å²) in [7, 11) is 0. The van der Waals surface area contributed by atoms with Gasteiger partial charge in [0.2, 0.25) is 5.60 Å². The standard InChI is InChI=1S/C33H34N4O4S2/c38-18-22-14-26-30(25-8-3-7-24(22)25)37(35-34-26)12-5-11-36-19-32(20-36)16-23(17-32)41-31(39)33(40,28-10-4-13-42-28)29-15-21-6-1-2-9-27(21)43-29/h1-2,4,6,9-10,13-14,18,23,29,40H,3,5,7-8,11-12,15-17,19-20H2/t29?,33-/m1/s1. The Morgan fingerprint density at radius 1 is 1.14 bits per heavy atom. The van der Waals surface area contributed by atoms with E-state index in [1.807, 2.05) is 40.4 Å². The lowest BCUT2D eigenvalue weighted by atomic mass is 9.61. The Balaban J connectivity index is 0.850. The summed E-state index contributed by atoms with van der Waals surface area (Å²) in [6.45, 7) is 3.82. The SMILES string of the molecule is O=Cc1cc2nnn(CCCN3CC4(CC(OC(=O)[C@@](O)(c5cccs5)C5Cc6ccccc6S5)C4)C3)c2c2c1CCC2. The van der Waals surface area contributed by atoms with Crippen molar-refractivity contribution < 1.29 is 19.4 Å². The van der Waals surface area contributed by atoms with Crippen LogP contribution < -0.4 is 0 Å². The summed E-state index contributed by atoms with van der Waals surface area (Å²) >= 11 is 2.99. The number of likely N-dealkylation sites (tertiary alicyclic amines) is 1. The molecule has 2 aliphatic carbocycles. The van der Waals surface area contributed by atoms with E-state index in [0.717, 1.165) is 92.5 Å². The van der Waals surface area contributed by atoms with Crippen LogP contribution in [0.25, 0.3) is 11.0 Å². The smallest absolute Gasteiger partial charge is 0.345 e. The van der Waals surface area contributed by atoms with Gasteiger partial charge in [-0.1, -0.05) is 29.5 Å². The largest absolute Gasteiger partial charge is 0.460 e. The van der Waals surface area contributed by atoms with Crippen LogP contribution in [0.3, 0.4) is 0 Å². The number of rotatable bonds is 9. The Morgan fingerprint density at radius 2 is 1.98 bits per heavy atom. The maximum Gasteiger partial charge on any atom is 0.345 e. The first kappa shape index (κ1) is 27.5. The molecule has 1 N–H and O–H groups in total. The summed E-state index contributed by atoms with van der Waals surface area (Å²) in [4.78, 5) is 29.4. The highest BCUT2D eigenvalue weighted by Crippen LogP contribution is 2.52. The van der Waals surface area contributed by atoms with Crippen LogP contribution in [0.5, 0.6) is 0 Å². The van der Waals surface area contributed by atoms with E-state index in [0.29, 0.717) is 11.3 Å². The normalized spacial score (nSPS) is 22.1. The molecule has 222 valence electrons. The summed E-state index contributed by atoms with van der Waals surface area (Å²) in [5.41, 5.74) is 4.85. The fraction of sp³-hybridized carbons (Fsp3) is 0.455. The summed E-state index contributed by atoms with van der Waals surface area (Å²) in [5.74, 6) is -0.511. The van der Waals surface area contributed by atoms with Crippen LogP contribution in [0.4, 0.5) is 0 Å². The predicted molar refractivity (Wildman–Crippen MR) is 166 cm³/mol. The van der Waals surface area contributed by atoms with Crippen molar-refractivity contribution in [2.24, 2.45) is 5.41 Å². The first-order valence-electron chi connectivity index (χ1n) is 15.2. The number of fused-ring (bicyclic) bond motifs is 4. The number of aldehydes is 1. The molecular formula is C33H34N4O4S2. The average Bonchev–Trinajstić information content (AvgIpc) is 3.79. The Bertz CT molecular complexity index is 1680. The van der Waals surface area contributed by atoms with Crippen molar-refractivity contribution in [3.63, 3.8) is 0 Å². The molecule has 43 heavy (non-hydrogen) atoms. The minimum atomic E-state index is -1.66. The van der Waals surface area contributed by atoms with Gasteiger partial charge < -0.3 is 14.7 Å². The number of ether oxygens (including phenoxy) is 1. The molecule has 4 aromatic rings. The molecule has 0 bridgehead atoms. The Hall–Kier alpha value is -3.05. The maximum absolute atomic E-state index is 13.6. The summed E-state index contributed by atoms with van der Waals surface area (Å²) < 4.78 is 8.05. The van der Waals surface area contributed by atoms with Gasteiger partial charge in [0.05, 0.1) is 10.8 Å². The molecule has 2 aromatic carbocycles. The van der Waals surface area contributed by atoms with Crippen LogP contribution in [-0.2, 0) is 40.9 Å². The minimum absolute atomic E-state index is 0.144. The molecular weight excluding hydrogens is 581 g/mol. The van der Waals surface area contributed by atoms with Crippen molar-refractivity contribution in [3.8, 4) is 0 Å². The predicted octanol–water partition coefficient (Wildman–Crippen LogP) is 4.80. The van der Waals surface area contributed by atoms with Gasteiger partial charge in [-0.3, -0.25) is 4.79 Å². The van der Waals surface area contributed by atoms with E-state index < -0.39 is 11.6 Å². The van der Waals surface area contributed by atoms with Gasteiger partial charge in [0.15, 0.2) is 0 Å². The lowest BCUT2D eigenvalue weighted by molar-refractivity contribution is -0.195. The molecule has 8 rings (SSSR count). The van der Waals surface area contributed by atoms with E-state index in [2.05, 4.69) is 27.3 Å². The van der Waals surface area contributed by atoms with Crippen molar-refractivity contribution in [2.75, 3.05) is 19.6 Å². The molecule has 0 amide bonds. The molecule has 8 nitrogen and oxygen atoms in total. The first-order valence-corrected chi connectivity index (χ1v) is 17.0. The number of carbonyl (C=O) groups is 2. The average molecular weight is 615 g/mol. The summed E-state index contributed by atoms with van der Waals surface area (Å²) in [6, 6.07) is 13.8. The van der Waals surface area contributed by atoms with E-state index in [4.69, 9.17) is 4.74 Å². The fourth-order valence-electron chi connectivity index (χ4n) is 7.85. The number of hydrogen-bond acceptors (Lipinski definition) is 9. The summed E-state index contributed by atoms with van der Waals surface area (Å²) in [6.07, 6.45) is 7.15. The number of aryl methyl sites for hydroxylation is 2. The van der Waals surface area contributed by atoms with Crippen LogP contribution in [0.1, 0.15) is 57.6 Å². The second-order valence-corrected chi connectivity index (χ2v) is 14.9. The third kappa shape index (κ3) is 4.56. The van der Waals surface area contributed by atoms with Crippen LogP contribution in [0.2, 0.25) is 0 Å².